The van der Waals surface area contributed by atoms with Crippen LogP contribution >= 0.6 is 11.3 Å². The normalized spacial score (nSPS) is 16.3. The molecule has 0 saturated carbocycles. The number of nitrogens with zero attached hydrogens (tertiary/aromatic N) is 1. The van der Waals surface area contributed by atoms with E-state index in [0.717, 1.165) is 5.56 Å². The largest absolute Gasteiger partial charge is 0.497 e. The number of carbonyl (C=O) groups excluding carboxylic acids is 1. The number of piperidine rings is 1. The number of ether oxygens (including phenoxy) is 2. The summed E-state index contributed by atoms with van der Waals surface area (Å²) in [6.07, 6.45) is 0.948. The van der Waals surface area contributed by atoms with Crippen LogP contribution in [0.15, 0.2) is 46.0 Å². The fourth-order valence-corrected chi connectivity index (χ4v) is 5.52. The van der Waals surface area contributed by atoms with Gasteiger partial charge in [0.15, 0.2) is 0 Å². The molecule has 1 aromatic carbocycles. The Morgan fingerprint density at radius 3 is 2.65 bits per heavy atom. The molecule has 0 unspecified atom stereocenters. The Kier molecular flexibility index (Phi) is 5.95. The lowest BCUT2D eigenvalue weighted by Crippen LogP contribution is -2.40. The van der Waals surface area contributed by atoms with E-state index >= 15 is 0 Å². The summed E-state index contributed by atoms with van der Waals surface area (Å²) in [5, 5.41) is 1.75. The third-order valence-electron chi connectivity index (χ3n) is 4.39. The van der Waals surface area contributed by atoms with Gasteiger partial charge in [-0.3, -0.25) is 4.79 Å². The van der Waals surface area contributed by atoms with Gasteiger partial charge in [0.1, 0.15) is 16.6 Å². The van der Waals surface area contributed by atoms with Crippen LogP contribution in [0.4, 0.5) is 0 Å². The SMILES string of the molecule is COc1cccc(COC(=O)C2CCN(S(=O)(=O)c3cccs3)CC2)c1. The van der Waals surface area contributed by atoms with Gasteiger partial charge in [0.2, 0.25) is 0 Å². The van der Waals surface area contributed by atoms with Crippen molar-refractivity contribution < 1.29 is 22.7 Å². The van der Waals surface area contributed by atoms with Gasteiger partial charge < -0.3 is 9.47 Å². The van der Waals surface area contributed by atoms with Gasteiger partial charge in [-0.15, -0.1) is 11.3 Å². The molecule has 1 fully saturated rings. The zero-order valence-electron chi connectivity index (χ0n) is 14.5. The van der Waals surface area contributed by atoms with Crippen molar-refractivity contribution in [3.63, 3.8) is 0 Å². The Bertz CT molecular complexity index is 840. The maximum Gasteiger partial charge on any atom is 0.309 e. The maximum atomic E-state index is 12.5. The van der Waals surface area contributed by atoms with E-state index in [4.69, 9.17) is 9.47 Å². The Morgan fingerprint density at radius 2 is 2.00 bits per heavy atom. The lowest BCUT2D eigenvalue weighted by atomic mass is 9.98. The molecule has 0 radical (unpaired) electrons. The first-order valence-electron chi connectivity index (χ1n) is 8.34. The smallest absolute Gasteiger partial charge is 0.309 e. The molecule has 140 valence electrons. The Morgan fingerprint density at radius 1 is 1.23 bits per heavy atom. The molecular formula is C18H21NO5S2. The monoisotopic (exact) mass is 395 g/mol. The first-order chi connectivity index (χ1) is 12.5. The molecule has 0 atom stereocenters. The fraction of sp³-hybridized carbons (Fsp3) is 0.389. The van der Waals surface area contributed by atoms with Crippen LogP contribution in [-0.2, 0) is 26.2 Å². The molecule has 6 nitrogen and oxygen atoms in total. The average Bonchev–Trinajstić information content (AvgIpc) is 3.22. The van der Waals surface area contributed by atoms with Crippen LogP contribution in [0.1, 0.15) is 18.4 Å². The number of carbonyl (C=O) groups is 1. The zero-order chi connectivity index (χ0) is 18.6. The molecule has 0 spiro atoms. The molecule has 2 heterocycles. The number of hydrogen-bond donors (Lipinski definition) is 0. The molecule has 0 bridgehead atoms. The van der Waals surface area contributed by atoms with Crippen LogP contribution in [0.25, 0.3) is 0 Å². The molecule has 1 aliphatic rings. The van der Waals surface area contributed by atoms with Crippen molar-refractivity contribution in [3.05, 3.63) is 47.3 Å². The van der Waals surface area contributed by atoms with Gasteiger partial charge in [-0.25, -0.2) is 8.42 Å². The highest BCUT2D eigenvalue weighted by Crippen LogP contribution is 2.27. The van der Waals surface area contributed by atoms with Crippen molar-refractivity contribution in [1.29, 1.82) is 0 Å². The van der Waals surface area contributed by atoms with Crippen molar-refractivity contribution in [3.8, 4) is 5.75 Å². The summed E-state index contributed by atoms with van der Waals surface area (Å²) < 4.78 is 37.4. The van der Waals surface area contributed by atoms with E-state index in [9.17, 15) is 13.2 Å². The summed E-state index contributed by atoms with van der Waals surface area (Å²) in [6.45, 7) is 0.849. The topological polar surface area (TPSA) is 72.9 Å². The summed E-state index contributed by atoms with van der Waals surface area (Å²) in [5.74, 6) is 0.169. The summed E-state index contributed by atoms with van der Waals surface area (Å²) in [7, 11) is -1.86. The summed E-state index contributed by atoms with van der Waals surface area (Å²) >= 11 is 1.21. The average molecular weight is 396 g/mol. The van der Waals surface area contributed by atoms with Gasteiger partial charge in [-0.1, -0.05) is 18.2 Å². The minimum absolute atomic E-state index is 0.184. The maximum absolute atomic E-state index is 12.5. The summed E-state index contributed by atoms with van der Waals surface area (Å²) in [5.41, 5.74) is 0.857. The first-order valence-corrected chi connectivity index (χ1v) is 10.7. The van der Waals surface area contributed by atoms with Gasteiger partial charge in [0, 0.05) is 13.1 Å². The molecular weight excluding hydrogens is 374 g/mol. The van der Waals surface area contributed by atoms with Crippen LogP contribution in [0.3, 0.4) is 0 Å². The second-order valence-electron chi connectivity index (χ2n) is 6.07. The summed E-state index contributed by atoms with van der Waals surface area (Å²) in [6, 6.07) is 10.7. The molecule has 3 rings (SSSR count). The molecule has 1 aliphatic heterocycles. The third-order valence-corrected chi connectivity index (χ3v) is 7.66. The van der Waals surface area contributed by atoms with Gasteiger partial charge in [0.05, 0.1) is 13.0 Å². The van der Waals surface area contributed by atoms with E-state index in [0.29, 0.717) is 35.9 Å². The Hall–Kier alpha value is -1.90. The van der Waals surface area contributed by atoms with Crippen LogP contribution in [0.2, 0.25) is 0 Å². The van der Waals surface area contributed by atoms with Crippen molar-refractivity contribution >= 4 is 27.3 Å². The predicted octanol–water partition coefficient (Wildman–Crippen LogP) is 2.90. The lowest BCUT2D eigenvalue weighted by molar-refractivity contribution is -0.151. The number of hydrogen-bond acceptors (Lipinski definition) is 6. The van der Waals surface area contributed by atoms with Crippen molar-refractivity contribution in [1.82, 2.24) is 4.31 Å². The van der Waals surface area contributed by atoms with E-state index in [1.807, 2.05) is 24.3 Å². The van der Waals surface area contributed by atoms with E-state index in [1.54, 1.807) is 24.6 Å². The molecule has 0 aliphatic carbocycles. The minimum atomic E-state index is -3.44. The quantitative estimate of drug-likeness (QED) is 0.703. The standard InChI is InChI=1S/C18H21NO5S2/c1-23-16-5-2-4-14(12-16)13-24-18(20)15-7-9-19(10-8-15)26(21,22)17-6-3-11-25-17/h2-6,11-12,15H,7-10,13H2,1H3. The number of rotatable bonds is 6. The molecule has 2 aromatic rings. The number of thiophene rings is 1. The Labute approximate surface area is 157 Å². The lowest BCUT2D eigenvalue weighted by Gasteiger charge is -2.29. The van der Waals surface area contributed by atoms with Crippen LogP contribution in [-0.4, -0.2) is 38.9 Å². The fourth-order valence-electron chi connectivity index (χ4n) is 2.90. The number of methoxy groups -OCH3 is 1. The van der Waals surface area contributed by atoms with Gasteiger partial charge in [-0.2, -0.15) is 4.31 Å². The number of sulfonamides is 1. The molecule has 8 heteroatoms. The van der Waals surface area contributed by atoms with Gasteiger partial charge in [-0.05, 0) is 42.0 Å². The highest BCUT2D eigenvalue weighted by molar-refractivity contribution is 7.91. The molecule has 1 saturated heterocycles. The van der Waals surface area contributed by atoms with Gasteiger partial charge in [0.25, 0.3) is 10.0 Å². The van der Waals surface area contributed by atoms with Crippen molar-refractivity contribution in [2.45, 2.75) is 23.7 Å². The van der Waals surface area contributed by atoms with Crippen molar-refractivity contribution in [2.75, 3.05) is 20.2 Å². The van der Waals surface area contributed by atoms with E-state index in [-0.39, 0.29) is 18.5 Å². The minimum Gasteiger partial charge on any atom is -0.497 e. The molecule has 0 amide bonds. The van der Waals surface area contributed by atoms with Gasteiger partial charge >= 0.3 is 5.97 Å². The number of benzene rings is 1. The van der Waals surface area contributed by atoms with E-state index in [2.05, 4.69) is 0 Å². The second kappa shape index (κ2) is 8.20. The molecule has 1 aromatic heterocycles. The van der Waals surface area contributed by atoms with Crippen LogP contribution in [0, 0.1) is 5.92 Å². The third kappa shape index (κ3) is 4.25. The van der Waals surface area contributed by atoms with E-state index < -0.39 is 10.0 Å². The molecule has 26 heavy (non-hydrogen) atoms. The highest BCUT2D eigenvalue weighted by Gasteiger charge is 2.33. The van der Waals surface area contributed by atoms with E-state index in [1.165, 1.54) is 15.6 Å². The first kappa shape index (κ1) is 18.9. The van der Waals surface area contributed by atoms with Crippen molar-refractivity contribution in [2.24, 2.45) is 5.92 Å². The number of esters is 1. The highest BCUT2D eigenvalue weighted by atomic mass is 32.2. The predicted molar refractivity (Wildman–Crippen MR) is 98.6 cm³/mol. The zero-order valence-corrected chi connectivity index (χ0v) is 16.1. The summed E-state index contributed by atoms with van der Waals surface area (Å²) in [4.78, 5) is 12.3. The Balaban J connectivity index is 1.52. The molecule has 0 N–H and O–H groups in total. The second-order valence-corrected chi connectivity index (χ2v) is 9.18. The van der Waals surface area contributed by atoms with Crippen LogP contribution < -0.4 is 4.74 Å². The van der Waals surface area contributed by atoms with Crippen LogP contribution in [0.5, 0.6) is 5.75 Å².